The zero-order valence-electron chi connectivity index (χ0n) is 20.3. The summed E-state index contributed by atoms with van der Waals surface area (Å²) >= 11 is 0. The van der Waals surface area contributed by atoms with Crippen LogP contribution in [0.1, 0.15) is 71.3 Å². The van der Waals surface area contributed by atoms with Crippen LogP contribution in [0, 0.1) is 0 Å². The number of fused-ring (bicyclic) bond motifs is 1. The molecule has 174 valence electrons. The van der Waals surface area contributed by atoms with Gasteiger partial charge in [0, 0.05) is 5.69 Å². The number of ether oxygens (including phenoxy) is 1. The molecule has 2 amide bonds. The summed E-state index contributed by atoms with van der Waals surface area (Å²) in [6, 6.07) is 3.70. The Morgan fingerprint density at radius 3 is 2.38 bits per heavy atom. The molecule has 0 spiro atoms. The molecule has 1 saturated heterocycles. The second-order valence-corrected chi connectivity index (χ2v) is 10.3. The molecule has 32 heavy (non-hydrogen) atoms. The van der Waals surface area contributed by atoms with Gasteiger partial charge in [0.1, 0.15) is 5.60 Å². The molecule has 0 radical (unpaired) electrons. The molecule has 1 fully saturated rings. The van der Waals surface area contributed by atoms with Gasteiger partial charge in [0.15, 0.2) is 0 Å². The molecule has 2 N–H and O–H groups in total. The predicted molar refractivity (Wildman–Crippen MR) is 125 cm³/mol. The summed E-state index contributed by atoms with van der Waals surface area (Å²) in [5, 5.41) is 6.31. The highest BCUT2D eigenvalue weighted by Gasteiger charge is 2.53. The third kappa shape index (κ3) is 4.50. The predicted octanol–water partition coefficient (Wildman–Crippen LogP) is 3.37. The Balaban J connectivity index is 2.03. The normalized spacial score (nSPS) is 20.1. The minimum Gasteiger partial charge on any atom is -0.443 e. The van der Waals surface area contributed by atoms with Crippen LogP contribution in [-0.4, -0.2) is 47.0 Å². The first-order valence-electron chi connectivity index (χ1n) is 10.9. The summed E-state index contributed by atoms with van der Waals surface area (Å²) in [5.74, 6) is -0.416. The van der Waals surface area contributed by atoms with Gasteiger partial charge in [-0.15, -0.1) is 0 Å². The van der Waals surface area contributed by atoms with Crippen LogP contribution < -0.4 is 16.1 Å². The average Bonchev–Trinajstić information content (AvgIpc) is 3.08. The molecule has 0 saturated carbocycles. The zero-order chi connectivity index (χ0) is 24.1. The number of imide groups is 1. The first-order valence-corrected chi connectivity index (χ1v) is 10.9. The number of rotatable bonds is 5. The highest BCUT2D eigenvalue weighted by Crippen LogP contribution is 2.38. The van der Waals surface area contributed by atoms with Crippen molar-refractivity contribution in [2.75, 3.05) is 5.32 Å². The molecule has 0 aromatic heterocycles. The summed E-state index contributed by atoms with van der Waals surface area (Å²) in [6.07, 6.45) is 0.718. The number of nitrogens with one attached hydrogen (secondary N) is 2. The number of carbonyl (C=O) groups is 2. The molecule has 9 heteroatoms. The van der Waals surface area contributed by atoms with E-state index in [2.05, 4.69) is 17.2 Å². The fourth-order valence-corrected chi connectivity index (χ4v) is 3.67. The maximum atomic E-state index is 13.4. The lowest BCUT2D eigenvalue weighted by Gasteiger charge is -2.32. The monoisotopic (exact) mass is 443 g/mol. The summed E-state index contributed by atoms with van der Waals surface area (Å²) in [5.41, 5.74) is 0.667. The van der Waals surface area contributed by atoms with Gasteiger partial charge in [-0.1, -0.05) is 12.6 Å². The van der Waals surface area contributed by atoms with Crippen molar-refractivity contribution in [3.63, 3.8) is 0 Å². The summed E-state index contributed by atoms with van der Waals surface area (Å²) in [6.45, 7) is 18.9. The Morgan fingerprint density at radius 2 is 1.84 bits per heavy atom. The van der Waals surface area contributed by atoms with E-state index in [0.717, 1.165) is 10.4 Å². The second-order valence-electron chi connectivity index (χ2n) is 10.3. The third-order valence-electron chi connectivity index (χ3n) is 5.99. The van der Waals surface area contributed by atoms with Crippen LogP contribution in [0.25, 0.3) is 0 Å². The van der Waals surface area contributed by atoms with Crippen LogP contribution in [-0.2, 0) is 20.6 Å². The van der Waals surface area contributed by atoms with E-state index >= 15 is 0 Å². The van der Waals surface area contributed by atoms with Gasteiger partial charge in [-0.3, -0.25) is 4.79 Å². The van der Waals surface area contributed by atoms with Crippen LogP contribution in [0.15, 0.2) is 24.9 Å². The van der Waals surface area contributed by atoms with Crippen LogP contribution >= 0.6 is 0 Å². The van der Waals surface area contributed by atoms with E-state index in [-0.39, 0.29) is 12.7 Å². The van der Waals surface area contributed by atoms with Gasteiger partial charge in [-0.05, 0) is 78.7 Å². The number of nitrogens with zero attached hydrogens (tertiary/aromatic N) is 1. The minimum atomic E-state index is -0.718. The van der Waals surface area contributed by atoms with Crippen molar-refractivity contribution in [3.8, 4) is 0 Å². The first kappa shape index (κ1) is 24.1. The number of amides is 2. The van der Waals surface area contributed by atoms with Gasteiger partial charge < -0.3 is 24.7 Å². The third-order valence-corrected chi connectivity index (χ3v) is 5.99. The van der Waals surface area contributed by atoms with E-state index < -0.39 is 35.9 Å². The fraction of sp³-hybridized carbons (Fsp3) is 0.565. The smallest absolute Gasteiger partial charge is 0.443 e. The molecule has 1 atom stereocenters. The molecule has 0 aliphatic carbocycles. The largest absolute Gasteiger partial charge is 0.495 e. The lowest BCUT2D eigenvalue weighted by atomic mass is 9.74. The van der Waals surface area contributed by atoms with Crippen LogP contribution in [0.2, 0.25) is 0 Å². The van der Waals surface area contributed by atoms with Crippen molar-refractivity contribution in [2.24, 2.45) is 0 Å². The summed E-state index contributed by atoms with van der Waals surface area (Å²) < 4.78 is 17.9. The molecule has 1 aromatic carbocycles. The molecular weight excluding hydrogens is 409 g/mol. The van der Waals surface area contributed by atoms with E-state index in [0.29, 0.717) is 16.8 Å². The maximum Gasteiger partial charge on any atom is 0.495 e. The van der Waals surface area contributed by atoms with Crippen LogP contribution in [0.4, 0.5) is 10.5 Å². The standard InChI is InChI=1S/C23H34BN3O5/c1-10-25-14(2)26-17-12-11-16(24-31-22(6,7)23(8,9)32-24)15-13-27(19(28)18(15)17)20(29)30-21(3,4)5/h10-12,14,25-26H,1,13H2,2-9H3. The van der Waals surface area contributed by atoms with E-state index in [4.69, 9.17) is 14.0 Å². The molecule has 3 rings (SSSR count). The molecule has 1 aromatic rings. The molecular formula is C23H34BN3O5. The maximum absolute atomic E-state index is 13.4. The topological polar surface area (TPSA) is 89.1 Å². The molecule has 2 aliphatic heterocycles. The highest BCUT2D eigenvalue weighted by atomic mass is 16.7. The van der Waals surface area contributed by atoms with Crippen molar-refractivity contribution in [1.29, 1.82) is 0 Å². The molecule has 0 bridgehead atoms. The number of benzene rings is 1. The Hall–Kier alpha value is -2.52. The van der Waals surface area contributed by atoms with Gasteiger partial charge >= 0.3 is 13.2 Å². The number of hydrogen-bond acceptors (Lipinski definition) is 7. The van der Waals surface area contributed by atoms with Crippen LogP contribution in [0.5, 0.6) is 0 Å². The molecule has 1 unspecified atom stereocenters. The van der Waals surface area contributed by atoms with E-state index in [1.54, 1.807) is 27.0 Å². The van der Waals surface area contributed by atoms with Gasteiger partial charge in [0.05, 0.1) is 29.5 Å². The van der Waals surface area contributed by atoms with Gasteiger partial charge in [-0.25, -0.2) is 9.69 Å². The van der Waals surface area contributed by atoms with Crippen LogP contribution in [0.3, 0.4) is 0 Å². The lowest BCUT2D eigenvalue weighted by molar-refractivity contribution is 0.00578. The second kappa shape index (κ2) is 8.12. The Kier molecular flexibility index (Phi) is 6.12. The highest BCUT2D eigenvalue weighted by molar-refractivity contribution is 6.63. The molecule has 2 heterocycles. The fourth-order valence-electron chi connectivity index (χ4n) is 3.67. The minimum absolute atomic E-state index is 0.0846. The molecule has 2 aliphatic rings. The van der Waals surface area contributed by atoms with Gasteiger partial charge in [0.25, 0.3) is 5.91 Å². The van der Waals surface area contributed by atoms with E-state index in [1.165, 1.54) is 0 Å². The Labute approximate surface area is 190 Å². The molecule has 8 nitrogen and oxygen atoms in total. The van der Waals surface area contributed by atoms with Gasteiger partial charge in [0.2, 0.25) is 0 Å². The summed E-state index contributed by atoms with van der Waals surface area (Å²) in [7, 11) is -0.655. The van der Waals surface area contributed by atoms with Crippen molar-refractivity contribution in [1.82, 2.24) is 10.2 Å². The van der Waals surface area contributed by atoms with E-state index in [1.807, 2.05) is 46.8 Å². The number of anilines is 1. The van der Waals surface area contributed by atoms with Crippen molar-refractivity contribution in [3.05, 3.63) is 36.0 Å². The lowest BCUT2D eigenvalue weighted by Crippen LogP contribution is -2.41. The van der Waals surface area contributed by atoms with Crippen molar-refractivity contribution < 1.29 is 23.6 Å². The zero-order valence-corrected chi connectivity index (χ0v) is 20.3. The van der Waals surface area contributed by atoms with Crippen molar-refractivity contribution in [2.45, 2.75) is 84.9 Å². The SMILES string of the molecule is C=CNC(C)Nc1ccc(B2OC(C)(C)C(C)(C)O2)c2c1C(=O)N(C(=O)OC(C)(C)C)C2. The summed E-state index contributed by atoms with van der Waals surface area (Å²) in [4.78, 5) is 27.3. The average molecular weight is 443 g/mol. The first-order chi connectivity index (χ1) is 14.7. The number of hydrogen-bond donors (Lipinski definition) is 2. The number of carbonyl (C=O) groups excluding carboxylic acids is 2. The Morgan fingerprint density at radius 1 is 1.25 bits per heavy atom. The van der Waals surface area contributed by atoms with Crippen molar-refractivity contribution >= 4 is 30.3 Å². The van der Waals surface area contributed by atoms with E-state index in [9.17, 15) is 9.59 Å². The quantitative estimate of drug-likeness (QED) is 0.533. The Bertz CT molecular complexity index is 922. The van der Waals surface area contributed by atoms with Gasteiger partial charge in [-0.2, -0.15) is 0 Å².